The summed E-state index contributed by atoms with van der Waals surface area (Å²) >= 11 is 0. The van der Waals surface area contributed by atoms with Crippen LogP contribution < -0.4 is 24.3 Å². The summed E-state index contributed by atoms with van der Waals surface area (Å²) in [4.78, 5) is 23.2. The van der Waals surface area contributed by atoms with Gasteiger partial charge < -0.3 is 24.3 Å². The fraction of sp³-hybridized carbons (Fsp3) is 0.273. The first kappa shape index (κ1) is 10.7. The summed E-state index contributed by atoms with van der Waals surface area (Å²) in [7, 11) is 2.80. The van der Waals surface area contributed by atoms with E-state index in [9.17, 15) is 9.59 Å². The first-order valence-corrected chi connectivity index (χ1v) is 5.12. The van der Waals surface area contributed by atoms with Gasteiger partial charge in [0.25, 0.3) is 11.7 Å². The highest BCUT2D eigenvalue weighted by atomic mass is 16.7. The van der Waals surface area contributed by atoms with Crippen molar-refractivity contribution in [1.29, 1.82) is 0 Å². The second kappa shape index (κ2) is 3.52. The molecule has 0 atom stereocenters. The lowest BCUT2D eigenvalue weighted by Crippen LogP contribution is -2.13. The maximum Gasteiger partial charge on any atom is 0.297 e. The van der Waals surface area contributed by atoms with E-state index in [0.717, 1.165) is 0 Å². The van der Waals surface area contributed by atoms with Crippen LogP contribution in [0.3, 0.4) is 0 Å². The van der Waals surface area contributed by atoms with E-state index in [4.69, 9.17) is 18.9 Å². The van der Waals surface area contributed by atoms with Crippen molar-refractivity contribution < 1.29 is 28.5 Å². The predicted octanol–water partition coefficient (Wildman–Crippen LogP) is 0.567. The lowest BCUT2D eigenvalue weighted by atomic mass is 10.1. The number of rotatable bonds is 2. The molecule has 2 heterocycles. The van der Waals surface area contributed by atoms with Gasteiger partial charge in [0.05, 0.1) is 14.2 Å². The molecule has 1 amide bonds. The number of amides is 1. The average Bonchev–Trinajstić information content (AvgIpc) is 2.94. The molecule has 0 unspecified atom stereocenters. The lowest BCUT2D eigenvalue weighted by Gasteiger charge is -2.13. The molecular formula is C11H9NO6. The Morgan fingerprint density at radius 2 is 1.67 bits per heavy atom. The van der Waals surface area contributed by atoms with Crippen molar-refractivity contribution in [2.45, 2.75) is 0 Å². The molecule has 2 aliphatic rings. The normalized spacial score (nSPS) is 15.4. The summed E-state index contributed by atoms with van der Waals surface area (Å²) in [5.74, 6) is -0.371. The number of fused-ring (bicyclic) bond motifs is 2. The second-order valence-electron chi connectivity index (χ2n) is 3.66. The van der Waals surface area contributed by atoms with Crippen LogP contribution in [0.4, 0.5) is 5.69 Å². The van der Waals surface area contributed by atoms with Crippen LogP contribution in [-0.4, -0.2) is 32.7 Å². The minimum Gasteiger partial charge on any atom is -0.492 e. The van der Waals surface area contributed by atoms with E-state index >= 15 is 0 Å². The maximum atomic E-state index is 11.8. The molecule has 0 radical (unpaired) electrons. The Hall–Kier alpha value is -2.44. The van der Waals surface area contributed by atoms with Crippen LogP contribution >= 0.6 is 0 Å². The molecular weight excluding hydrogens is 242 g/mol. The quantitative estimate of drug-likeness (QED) is 0.773. The van der Waals surface area contributed by atoms with Gasteiger partial charge in [-0.25, -0.2) is 0 Å². The molecule has 18 heavy (non-hydrogen) atoms. The third-order valence-corrected chi connectivity index (χ3v) is 2.81. The molecule has 0 saturated carbocycles. The fourth-order valence-corrected chi connectivity index (χ4v) is 2.08. The van der Waals surface area contributed by atoms with Crippen LogP contribution in [0.25, 0.3) is 0 Å². The Morgan fingerprint density at radius 1 is 1.06 bits per heavy atom. The minimum absolute atomic E-state index is 0.00703. The summed E-state index contributed by atoms with van der Waals surface area (Å²) in [5, 5.41) is 2.44. The molecule has 0 saturated heterocycles. The zero-order chi connectivity index (χ0) is 12.9. The molecule has 2 aliphatic heterocycles. The molecule has 0 bridgehead atoms. The van der Waals surface area contributed by atoms with Gasteiger partial charge in [0.1, 0.15) is 11.3 Å². The summed E-state index contributed by atoms with van der Waals surface area (Å²) in [6.07, 6.45) is 0. The summed E-state index contributed by atoms with van der Waals surface area (Å²) in [6, 6.07) is 0. The van der Waals surface area contributed by atoms with Crippen LogP contribution in [0.5, 0.6) is 23.0 Å². The smallest absolute Gasteiger partial charge is 0.297 e. The van der Waals surface area contributed by atoms with Gasteiger partial charge in [0, 0.05) is 0 Å². The van der Waals surface area contributed by atoms with Gasteiger partial charge in [0.2, 0.25) is 18.3 Å². The standard InChI is InChI=1S/C11H9NO6/c1-15-7-4-5(12-11(14)6(4)13)8(16-2)10-9(7)17-3-18-10/h3H2,1-2H3,(H,12,13,14). The second-order valence-corrected chi connectivity index (χ2v) is 3.66. The number of nitrogens with one attached hydrogen (secondary N) is 1. The highest BCUT2D eigenvalue weighted by molar-refractivity contribution is 6.53. The first-order valence-electron chi connectivity index (χ1n) is 5.12. The van der Waals surface area contributed by atoms with Crippen molar-refractivity contribution in [1.82, 2.24) is 0 Å². The number of hydrogen-bond acceptors (Lipinski definition) is 6. The topological polar surface area (TPSA) is 83.1 Å². The van der Waals surface area contributed by atoms with Gasteiger partial charge >= 0.3 is 0 Å². The van der Waals surface area contributed by atoms with Crippen molar-refractivity contribution in [3.05, 3.63) is 5.56 Å². The maximum absolute atomic E-state index is 11.8. The van der Waals surface area contributed by atoms with E-state index in [0.29, 0.717) is 5.75 Å². The van der Waals surface area contributed by atoms with Crippen molar-refractivity contribution in [3.63, 3.8) is 0 Å². The molecule has 7 nitrogen and oxygen atoms in total. The van der Waals surface area contributed by atoms with Gasteiger partial charge in [-0.3, -0.25) is 9.59 Å². The lowest BCUT2D eigenvalue weighted by molar-refractivity contribution is -0.112. The van der Waals surface area contributed by atoms with Crippen LogP contribution in [0.15, 0.2) is 0 Å². The van der Waals surface area contributed by atoms with Crippen LogP contribution in [-0.2, 0) is 4.79 Å². The minimum atomic E-state index is -0.731. The molecule has 1 N–H and O–H groups in total. The number of Topliss-reactive ketones (excluding diaryl/α,β-unsaturated/α-hetero) is 1. The summed E-state index contributed by atoms with van der Waals surface area (Å²) in [5.41, 5.74) is 0.372. The zero-order valence-corrected chi connectivity index (χ0v) is 9.66. The molecule has 0 fully saturated rings. The number of anilines is 1. The van der Waals surface area contributed by atoms with E-state index in [1.165, 1.54) is 14.2 Å². The number of ether oxygens (including phenoxy) is 4. The third-order valence-electron chi connectivity index (χ3n) is 2.81. The van der Waals surface area contributed by atoms with E-state index in [1.807, 2.05) is 0 Å². The van der Waals surface area contributed by atoms with E-state index in [-0.39, 0.29) is 35.3 Å². The van der Waals surface area contributed by atoms with E-state index in [1.54, 1.807) is 0 Å². The van der Waals surface area contributed by atoms with Crippen LogP contribution in [0.2, 0.25) is 0 Å². The van der Waals surface area contributed by atoms with Crippen molar-refractivity contribution >= 4 is 17.4 Å². The number of methoxy groups -OCH3 is 2. The predicted molar refractivity (Wildman–Crippen MR) is 58.6 cm³/mol. The average molecular weight is 251 g/mol. The molecule has 0 spiro atoms. The van der Waals surface area contributed by atoms with Crippen molar-refractivity contribution in [2.24, 2.45) is 0 Å². The monoisotopic (exact) mass is 251 g/mol. The first-order chi connectivity index (χ1) is 8.69. The third kappa shape index (κ3) is 1.13. The van der Waals surface area contributed by atoms with Crippen LogP contribution in [0, 0.1) is 0 Å². The Labute approximate surface area is 102 Å². The highest BCUT2D eigenvalue weighted by Gasteiger charge is 2.41. The van der Waals surface area contributed by atoms with Gasteiger partial charge in [0.15, 0.2) is 11.5 Å². The van der Waals surface area contributed by atoms with Gasteiger partial charge in [-0.1, -0.05) is 0 Å². The number of ketones is 1. The zero-order valence-electron chi connectivity index (χ0n) is 9.66. The van der Waals surface area contributed by atoms with E-state index < -0.39 is 11.7 Å². The molecule has 1 aromatic rings. The number of hydrogen-bond donors (Lipinski definition) is 1. The molecule has 0 aliphatic carbocycles. The molecule has 3 rings (SSSR count). The molecule has 1 aromatic carbocycles. The fourth-order valence-electron chi connectivity index (χ4n) is 2.08. The molecule has 0 aromatic heterocycles. The number of carbonyl (C=O) groups excluding carboxylic acids is 2. The van der Waals surface area contributed by atoms with Gasteiger partial charge in [-0.15, -0.1) is 0 Å². The summed E-state index contributed by atoms with van der Waals surface area (Å²) < 4.78 is 20.8. The number of carbonyl (C=O) groups is 2. The van der Waals surface area contributed by atoms with Gasteiger partial charge in [-0.05, 0) is 0 Å². The Balaban J connectivity index is 2.37. The van der Waals surface area contributed by atoms with Crippen molar-refractivity contribution in [2.75, 3.05) is 26.3 Å². The molecule has 7 heteroatoms. The summed E-state index contributed by atoms with van der Waals surface area (Å²) in [6.45, 7) is 0.00703. The van der Waals surface area contributed by atoms with Crippen LogP contribution in [0.1, 0.15) is 10.4 Å². The largest absolute Gasteiger partial charge is 0.492 e. The van der Waals surface area contributed by atoms with E-state index in [2.05, 4.69) is 5.32 Å². The SMILES string of the molecule is COc1c2c(c(OC)c3c1OCO3)C(=O)C(=O)N2. The number of benzene rings is 1. The highest BCUT2D eigenvalue weighted by Crippen LogP contribution is 2.55. The molecule has 94 valence electrons. The van der Waals surface area contributed by atoms with Crippen molar-refractivity contribution in [3.8, 4) is 23.0 Å². The Morgan fingerprint density at radius 3 is 2.28 bits per heavy atom. The van der Waals surface area contributed by atoms with Gasteiger partial charge in [-0.2, -0.15) is 0 Å². The Kier molecular flexibility index (Phi) is 2.09. The Bertz CT molecular complexity index is 580.